The Hall–Kier alpha value is -1.81. The summed E-state index contributed by atoms with van der Waals surface area (Å²) >= 11 is 3.42. The molecule has 0 radical (unpaired) electrons. The van der Waals surface area contributed by atoms with Gasteiger partial charge in [-0.2, -0.15) is 0 Å². The molecular formula is C17H16BrNO2. The number of carbonyl (C=O) groups is 1. The fourth-order valence-electron chi connectivity index (χ4n) is 2.55. The van der Waals surface area contributed by atoms with E-state index in [1.165, 1.54) is 5.56 Å². The number of fused-ring (bicyclic) bond motifs is 1. The second kappa shape index (κ2) is 6.31. The van der Waals surface area contributed by atoms with Crippen LogP contribution in [-0.2, 0) is 11.2 Å². The van der Waals surface area contributed by atoms with Gasteiger partial charge in [0.15, 0.2) is 0 Å². The van der Waals surface area contributed by atoms with Crippen molar-refractivity contribution < 1.29 is 9.53 Å². The van der Waals surface area contributed by atoms with E-state index in [1.54, 1.807) is 0 Å². The molecule has 1 amide bonds. The van der Waals surface area contributed by atoms with Crippen molar-refractivity contribution in [2.75, 3.05) is 18.1 Å². The number of anilines is 1. The number of aryl methyl sites for hydroxylation is 1. The van der Waals surface area contributed by atoms with Crippen LogP contribution >= 0.6 is 15.9 Å². The summed E-state index contributed by atoms with van der Waals surface area (Å²) in [5.41, 5.74) is 2.26. The maximum absolute atomic E-state index is 12.1. The van der Waals surface area contributed by atoms with Crippen LogP contribution in [0.5, 0.6) is 5.75 Å². The summed E-state index contributed by atoms with van der Waals surface area (Å²) in [4.78, 5) is 13.9. The molecule has 0 aromatic heterocycles. The van der Waals surface area contributed by atoms with Gasteiger partial charge < -0.3 is 9.64 Å². The van der Waals surface area contributed by atoms with Gasteiger partial charge in [0.25, 0.3) is 0 Å². The van der Waals surface area contributed by atoms with Crippen LogP contribution in [0.3, 0.4) is 0 Å². The Morgan fingerprint density at radius 1 is 1.10 bits per heavy atom. The number of hydrogen-bond acceptors (Lipinski definition) is 2. The minimum Gasteiger partial charge on any atom is -0.492 e. The number of nitrogens with zero attached hydrogens (tertiary/aromatic N) is 1. The molecule has 0 bridgehead atoms. The summed E-state index contributed by atoms with van der Waals surface area (Å²) in [7, 11) is 0. The van der Waals surface area contributed by atoms with Crippen LogP contribution < -0.4 is 9.64 Å². The molecule has 1 aliphatic rings. The Labute approximate surface area is 132 Å². The molecule has 0 N–H and O–H groups in total. The summed E-state index contributed by atoms with van der Waals surface area (Å²) in [6.07, 6.45) is 1.41. The van der Waals surface area contributed by atoms with Gasteiger partial charge in [0.1, 0.15) is 12.4 Å². The molecular weight excluding hydrogens is 330 g/mol. The Balaban J connectivity index is 1.66. The molecule has 3 nitrogen and oxygen atoms in total. The van der Waals surface area contributed by atoms with Crippen molar-refractivity contribution in [1.29, 1.82) is 0 Å². The minimum absolute atomic E-state index is 0.173. The van der Waals surface area contributed by atoms with Gasteiger partial charge in [0.2, 0.25) is 5.91 Å². The van der Waals surface area contributed by atoms with Crippen LogP contribution in [0.2, 0.25) is 0 Å². The number of benzene rings is 2. The fourth-order valence-corrected chi connectivity index (χ4v) is 2.93. The van der Waals surface area contributed by atoms with Gasteiger partial charge >= 0.3 is 0 Å². The molecule has 108 valence electrons. The van der Waals surface area contributed by atoms with Crippen LogP contribution in [-0.4, -0.2) is 19.1 Å². The Kier molecular flexibility index (Phi) is 4.25. The smallest absolute Gasteiger partial charge is 0.227 e. The van der Waals surface area contributed by atoms with E-state index in [1.807, 2.05) is 47.4 Å². The lowest BCUT2D eigenvalue weighted by Gasteiger charge is -2.29. The average molecular weight is 346 g/mol. The Morgan fingerprint density at radius 2 is 1.95 bits per heavy atom. The second-order valence-corrected chi connectivity index (χ2v) is 5.90. The van der Waals surface area contributed by atoms with Crippen LogP contribution in [0, 0.1) is 0 Å². The number of amides is 1. The number of rotatable bonds is 4. The lowest BCUT2D eigenvalue weighted by Crippen LogP contribution is -2.38. The molecule has 0 unspecified atom stereocenters. The first-order valence-electron chi connectivity index (χ1n) is 7.01. The van der Waals surface area contributed by atoms with E-state index < -0.39 is 0 Å². The minimum atomic E-state index is 0.173. The van der Waals surface area contributed by atoms with E-state index in [9.17, 15) is 4.79 Å². The molecule has 1 heterocycles. The maximum Gasteiger partial charge on any atom is 0.227 e. The third kappa shape index (κ3) is 3.27. The summed E-state index contributed by atoms with van der Waals surface area (Å²) in [6, 6.07) is 15.8. The van der Waals surface area contributed by atoms with Gasteiger partial charge in [0.05, 0.1) is 6.54 Å². The molecule has 1 aliphatic heterocycles. The van der Waals surface area contributed by atoms with Gasteiger partial charge in [-0.25, -0.2) is 0 Å². The first-order chi connectivity index (χ1) is 10.2. The van der Waals surface area contributed by atoms with Crippen LogP contribution in [0.15, 0.2) is 53.0 Å². The first-order valence-corrected chi connectivity index (χ1v) is 7.80. The maximum atomic E-state index is 12.1. The van der Waals surface area contributed by atoms with Crippen molar-refractivity contribution in [2.45, 2.75) is 12.8 Å². The van der Waals surface area contributed by atoms with Crippen molar-refractivity contribution in [3.8, 4) is 5.75 Å². The number of carbonyl (C=O) groups excluding carboxylic acids is 1. The number of hydrogen-bond donors (Lipinski definition) is 0. The van der Waals surface area contributed by atoms with Crippen LogP contribution in [0.4, 0.5) is 5.69 Å². The van der Waals surface area contributed by atoms with Crippen molar-refractivity contribution in [3.63, 3.8) is 0 Å². The predicted octanol–water partition coefficient (Wildman–Crippen LogP) is 3.81. The quantitative estimate of drug-likeness (QED) is 0.843. The molecule has 0 saturated carbocycles. The monoisotopic (exact) mass is 345 g/mol. The zero-order valence-corrected chi connectivity index (χ0v) is 13.2. The lowest BCUT2D eigenvalue weighted by atomic mass is 10.0. The molecule has 2 aromatic carbocycles. The average Bonchev–Trinajstić information content (AvgIpc) is 2.50. The molecule has 21 heavy (non-hydrogen) atoms. The summed E-state index contributed by atoms with van der Waals surface area (Å²) < 4.78 is 6.71. The number of para-hydroxylation sites is 1. The van der Waals surface area contributed by atoms with E-state index in [2.05, 4.69) is 22.0 Å². The highest BCUT2D eigenvalue weighted by molar-refractivity contribution is 9.10. The third-order valence-corrected chi connectivity index (χ3v) is 4.06. The summed E-state index contributed by atoms with van der Waals surface area (Å²) in [5.74, 6) is 0.980. The van der Waals surface area contributed by atoms with Crippen LogP contribution in [0.1, 0.15) is 12.0 Å². The second-order valence-electron chi connectivity index (χ2n) is 4.98. The van der Waals surface area contributed by atoms with Crippen molar-refractivity contribution >= 4 is 27.5 Å². The lowest BCUT2D eigenvalue weighted by molar-refractivity contribution is -0.119. The molecule has 4 heteroatoms. The standard InChI is InChI=1S/C17H16BrNO2/c18-14-5-3-6-15(12-14)21-11-10-19-16-7-2-1-4-13(16)8-9-17(19)20/h1-7,12H,8-11H2. The van der Waals surface area contributed by atoms with E-state index in [-0.39, 0.29) is 5.91 Å². The third-order valence-electron chi connectivity index (χ3n) is 3.57. The van der Waals surface area contributed by atoms with E-state index in [4.69, 9.17) is 4.74 Å². The van der Waals surface area contributed by atoms with Crippen molar-refractivity contribution in [3.05, 3.63) is 58.6 Å². The van der Waals surface area contributed by atoms with Gasteiger partial charge in [-0.1, -0.05) is 40.2 Å². The highest BCUT2D eigenvalue weighted by atomic mass is 79.9. The zero-order chi connectivity index (χ0) is 14.7. The zero-order valence-electron chi connectivity index (χ0n) is 11.6. The van der Waals surface area contributed by atoms with Gasteiger partial charge in [-0.05, 0) is 36.2 Å². The molecule has 3 rings (SSSR count). The molecule has 0 spiro atoms. The van der Waals surface area contributed by atoms with Crippen molar-refractivity contribution in [1.82, 2.24) is 0 Å². The molecule has 0 atom stereocenters. The topological polar surface area (TPSA) is 29.5 Å². The van der Waals surface area contributed by atoms with Gasteiger partial charge in [0, 0.05) is 16.6 Å². The normalized spacial score (nSPS) is 14.0. The largest absolute Gasteiger partial charge is 0.492 e. The van der Waals surface area contributed by atoms with E-state index >= 15 is 0 Å². The van der Waals surface area contributed by atoms with Crippen LogP contribution in [0.25, 0.3) is 0 Å². The highest BCUT2D eigenvalue weighted by Gasteiger charge is 2.23. The molecule has 0 aliphatic carbocycles. The molecule has 0 saturated heterocycles. The number of ether oxygens (including phenoxy) is 1. The van der Waals surface area contributed by atoms with E-state index in [0.29, 0.717) is 19.6 Å². The summed E-state index contributed by atoms with van der Waals surface area (Å²) in [5, 5.41) is 0. The molecule has 2 aromatic rings. The Bertz CT molecular complexity index is 657. The number of halogens is 1. The van der Waals surface area contributed by atoms with Crippen molar-refractivity contribution in [2.24, 2.45) is 0 Å². The van der Waals surface area contributed by atoms with Gasteiger partial charge in [-0.3, -0.25) is 4.79 Å². The molecule has 0 fully saturated rings. The SMILES string of the molecule is O=C1CCc2ccccc2N1CCOc1cccc(Br)c1. The summed E-state index contributed by atoms with van der Waals surface area (Å²) in [6.45, 7) is 1.05. The first kappa shape index (κ1) is 14.1. The Morgan fingerprint density at radius 3 is 2.81 bits per heavy atom. The fraction of sp³-hybridized carbons (Fsp3) is 0.235. The predicted molar refractivity (Wildman–Crippen MR) is 86.8 cm³/mol. The van der Waals surface area contributed by atoms with Gasteiger partial charge in [-0.15, -0.1) is 0 Å². The van der Waals surface area contributed by atoms with E-state index in [0.717, 1.165) is 22.3 Å². The highest BCUT2D eigenvalue weighted by Crippen LogP contribution is 2.27.